The second-order valence-electron chi connectivity index (χ2n) is 8.81. The molecule has 1 N–H and O–H groups in total. The normalized spacial score (nSPS) is 15.3. The van der Waals surface area contributed by atoms with Gasteiger partial charge in [-0.2, -0.15) is 0 Å². The average molecular weight is 495 g/mol. The molecule has 0 saturated carbocycles. The molecular formula is C26H27FN4O5. The molecule has 0 aliphatic carbocycles. The summed E-state index contributed by atoms with van der Waals surface area (Å²) in [6, 6.07) is 13.1. The molecule has 1 aliphatic rings. The van der Waals surface area contributed by atoms with Gasteiger partial charge in [-0.3, -0.25) is 4.40 Å². The number of fused-ring (bicyclic) bond motifs is 2. The Kier molecular flexibility index (Phi) is 6.60. The Morgan fingerprint density at radius 3 is 2.75 bits per heavy atom. The number of rotatable bonds is 8. The zero-order chi connectivity index (χ0) is 25.1. The van der Waals surface area contributed by atoms with Crippen LogP contribution in [0.3, 0.4) is 0 Å². The van der Waals surface area contributed by atoms with Gasteiger partial charge in [0.25, 0.3) is 0 Å². The van der Waals surface area contributed by atoms with Crippen molar-refractivity contribution < 1.29 is 28.5 Å². The van der Waals surface area contributed by atoms with Crippen LogP contribution in [0.15, 0.2) is 54.9 Å². The number of para-hydroxylation sites is 1. The van der Waals surface area contributed by atoms with Crippen LogP contribution in [-0.2, 0) is 4.74 Å². The number of piperidine rings is 1. The molecule has 36 heavy (non-hydrogen) atoms. The van der Waals surface area contributed by atoms with Crippen LogP contribution < -0.4 is 9.47 Å². The number of carbonyl (C=O) groups is 1. The molecule has 3 aromatic heterocycles. The molecule has 4 heterocycles. The first-order valence-corrected chi connectivity index (χ1v) is 11.7. The lowest BCUT2D eigenvalue weighted by molar-refractivity contribution is 0.0206. The highest BCUT2D eigenvalue weighted by Gasteiger charge is 2.37. The lowest BCUT2D eigenvalue weighted by Crippen LogP contribution is -2.46. The first-order valence-electron chi connectivity index (χ1n) is 11.7. The van der Waals surface area contributed by atoms with Crippen molar-refractivity contribution in [1.82, 2.24) is 19.3 Å². The van der Waals surface area contributed by atoms with Crippen LogP contribution in [0.1, 0.15) is 12.8 Å². The number of methoxy groups -OCH3 is 1. The van der Waals surface area contributed by atoms with E-state index in [0.29, 0.717) is 35.9 Å². The molecule has 0 unspecified atom stereocenters. The smallest absolute Gasteiger partial charge is 0.407 e. The summed E-state index contributed by atoms with van der Waals surface area (Å²) in [7, 11) is 1.63. The van der Waals surface area contributed by atoms with Crippen LogP contribution in [0.2, 0.25) is 0 Å². The summed E-state index contributed by atoms with van der Waals surface area (Å²) < 4.78 is 33.9. The van der Waals surface area contributed by atoms with E-state index in [4.69, 9.17) is 24.3 Å². The number of hydrogen-bond acceptors (Lipinski definition) is 6. The molecule has 0 bridgehead atoms. The molecule has 1 aromatic carbocycles. The Hall–Kier alpha value is -3.92. The van der Waals surface area contributed by atoms with Crippen LogP contribution in [0, 0.1) is 0 Å². The number of pyridine rings is 2. The first kappa shape index (κ1) is 23.8. The predicted octanol–water partition coefficient (Wildman–Crippen LogP) is 4.44. The Bertz CT molecular complexity index is 1380. The summed E-state index contributed by atoms with van der Waals surface area (Å²) in [5, 5.41) is 9.98. The monoisotopic (exact) mass is 494 g/mol. The number of hydrogen-bond donors (Lipinski definition) is 1. The Balaban J connectivity index is 1.37. The van der Waals surface area contributed by atoms with Crippen molar-refractivity contribution in [1.29, 1.82) is 0 Å². The van der Waals surface area contributed by atoms with Gasteiger partial charge in [0.2, 0.25) is 0 Å². The van der Waals surface area contributed by atoms with Crippen molar-refractivity contribution in [2.24, 2.45) is 0 Å². The van der Waals surface area contributed by atoms with E-state index in [1.165, 1.54) is 4.90 Å². The van der Waals surface area contributed by atoms with Gasteiger partial charge in [0, 0.05) is 50.7 Å². The standard InChI is InChI=1S/C26H27FN4O5/c1-34-13-14-35-19-7-10-31-21(16-28-23(31)15-19)20-6-5-18-3-2-4-22(24(18)29-20)36-17-26(27)8-11-30(12-9-26)25(32)33/h2-7,10,15-16H,8-9,11-14,17H2,1H3,(H,32,33). The number of likely N-dealkylation sites (tertiary alicyclic amines) is 1. The van der Waals surface area contributed by atoms with Gasteiger partial charge in [-0.25, -0.2) is 19.2 Å². The third-order valence-corrected chi connectivity index (χ3v) is 6.40. The zero-order valence-corrected chi connectivity index (χ0v) is 19.9. The number of benzene rings is 1. The predicted molar refractivity (Wildman–Crippen MR) is 131 cm³/mol. The maximum atomic E-state index is 15.3. The fourth-order valence-electron chi connectivity index (χ4n) is 4.31. The number of halogens is 1. The second-order valence-corrected chi connectivity index (χ2v) is 8.81. The van der Waals surface area contributed by atoms with Crippen LogP contribution >= 0.6 is 0 Å². The van der Waals surface area contributed by atoms with Crippen molar-refractivity contribution in [3.63, 3.8) is 0 Å². The molecule has 0 spiro atoms. The molecule has 188 valence electrons. The third-order valence-electron chi connectivity index (χ3n) is 6.40. The van der Waals surface area contributed by atoms with Gasteiger partial charge in [0.15, 0.2) is 0 Å². The molecule has 4 aromatic rings. The van der Waals surface area contributed by atoms with E-state index >= 15 is 4.39 Å². The fourth-order valence-corrected chi connectivity index (χ4v) is 4.31. The van der Waals surface area contributed by atoms with Gasteiger partial charge in [-0.15, -0.1) is 0 Å². The van der Waals surface area contributed by atoms with Crippen LogP contribution in [0.5, 0.6) is 11.5 Å². The molecular weight excluding hydrogens is 467 g/mol. The van der Waals surface area contributed by atoms with E-state index in [9.17, 15) is 4.79 Å². The molecule has 9 nitrogen and oxygen atoms in total. The van der Waals surface area contributed by atoms with Gasteiger partial charge >= 0.3 is 6.09 Å². The molecule has 0 radical (unpaired) electrons. The number of aromatic nitrogens is 3. The minimum atomic E-state index is -1.59. The first-order chi connectivity index (χ1) is 17.5. The average Bonchev–Trinajstić information content (AvgIpc) is 3.31. The van der Waals surface area contributed by atoms with E-state index in [0.717, 1.165) is 16.7 Å². The van der Waals surface area contributed by atoms with E-state index in [1.54, 1.807) is 19.4 Å². The maximum absolute atomic E-state index is 15.3. The molecule has 1 aliphatic heterocycles. The Labute approximate surface area is 207 Å². The lowest BCUT2D eigenvalue weighted by Gasteiger charge is -2.34. The van der Waals surface area contributed by atoms with Crippen molar-refractivity contribution in [3.05, 3.63) is 54.9 Å². The minimum absolute atomic E-state index is 0.0989. The summed E-state index contributed by atoms with van der Waals surface area (Å²) in [5.41, 5.74) is 1.25. The number of alkyl halides is 1. The van der Waals surface area contributed by atoms with Crippen LogP contribution in [0.4, 0.5) is 9.18 Å². The van der Waals surface area contributed by atoms with Gasteiger partial charge in [-0.05, 0) is 18.2 Å². The quantitative estimate of drug-likeness (QED) is 0.362. The molecule has 5 rings (SSSR count). The SMILES string of the molecule is COCCOc1ccn2c(-c3ccc4cccc(OCC5(F)CCN(C(=O)O)CC5)c4n3)cnc2c1. The van der Waals surface area contributed by atoms with Crippen molar-refractivity contribution in [2.75, 3.05) is 40.0 Å². The zero-order valence-electron chi connectivity index (χ0n) is 19.9. The summed E-state index contributed by atoms with van der Waals surface area (Å²) in [4.78, 5) is 21.7. The molecule has 10 heteroatoms. The van der Waals surface area contributed by atoms with Crippen LogP contribution in [0.25, 0.3) is 27.9 Å². The highest BCUT2D eigenvalue weighted by Crippen LogP contribution is 2.32. The largest absolute Gasteiger partial charge is 0.491 e. The summed E-state index contributed by atoms with van der Waals surface area (Å²) >= 11 is 0. The van der Waals surface area contributed by atoms with Crippen molar-refractivity contribution >= 4 is 22.6 Å². The second kappa shape index (κ2) is 9.98. The summed E-state index contributed by atoms with van der Waals surface area (Å²) in [5.74, 6) is 1.18. The van der Waals surface area contributed by atoms with E-state index < -0.39 is 11.8 Å². The van der Waals surface area contributed by atoms with E-state index in [-0.39, 0.29) is 32.5 Å². The lowest BCUT2D eigenvalue weighted by atomic mass is 9.94. The number of amides is 1. The number of nitrogens with zero attached hydrogens (tertiary/aromatic N) is 4. The summed E-state index contributed by atoms with van der Waals surface area (Å²) in [6.45, 7) is 1.10. The van der Waals surface area contributed by atoms with Gasteiger partial charge in [-0.1, -0.05) is 18.2 Å². The van der Waals surface area contributed by atoms with E-state index in [1.807, 2.05) is 47.0 Å². The number of carboxylic acid groups (broad SMARTS) is 1. The van der Waals surface area contributed by atoms with Crippen molar-refractivity contribution in [3.8, 4) is 22.9 Å². The number of ether oxygens (including phenoxy) is 3. The third kappa shape index (κ3) is 4.90. The maximum Gasteiger partial charge on any atom is 0.407 e. The van der Waals surface area contributed by atoms with Gasteiger partial charge in [0.05, 0.1) is 24.2 Å². The molecule has 0 atom stereocenters. The summed E-state index contributed by atoms with van der Waals surface area (Å²) in [6.07, 6.45) is 2.80. The van der Waals surface area contributed by atoms with Crippen LogP contribution in [-0.4, -0.2) is 76.2 Å². The Morgan fingerprint density at radius 2 is 1.97 bits per heavy atom. The Morgan fingerprint density at radius 1 is 1.14 bits per heavy atom. The fraction of sp³-hybridized carbons (Fsp3) is 0.346. The highest BCUT2D eigenvalue weighted by molar-refractivity contribution is 5.86. The molecule has 1 fully saturated rings. The molecule has 1 amide bonds. The van der Waals surface area contributed by atoms with Gasteiger partial charge in [0.1, 0.15) is 41.5 Å². The number of imidazole rings is 1. The van der Waals surface area contributed by atoms with Gasteiger partial charge < -0.3 is 24.2 Å². The topological polar surface area (TPSA) is 98.4 Å². The molecule has 1 saturated heterocycles. The highest BCUT2D eigenvalue weighted by atomic mass is 19.1. The van der Waals surface area contributed by atoms with Crippen molar-refractivity contribution in [2.45, 2.75) is 18.5 Å². The minimum Gasteiger partial charge on any atom is -0.491 e. The van der Waals surface area contributed by atoms with E-state index in [2.05, 4.69) is 4.98 Å².